The molecule has 4 rings (SSSR count). The van der Waals surface area contributed by atoms with E-state index < -0.39 is 0 Å². The van der Waals surface area contributed by atoms with E-state index in [1.807, 2.05) is 35.2 Å². The second kappa shape index (κ2) is 7.71. The predicted molar refractivity (Wildman–Crippen MR) is 108 cm³/mol. The Morgan fingerprint density at radius 3 is 2.63 bits per heavy atom. The Labute approximate surface area is 164 Å². The SMILES string of the molecule is Cn1c(CN2CCCN(C(=O)c3ccccc3Cl)CC2)nc2ccccc21. The summed E-state index contributed by atoms with van der Waals surface area (Å²) >= 11 is 6.20. The molecule has 0 bridgehead atoms. The van der Waals surface area contributed by atoms with E-state index in [9.17, 15) is 4.79 Å². The van der Waals surface area contributed by atoms with Crippen LogP contribution in [-0.2, 0) is 13.6 Å². The lowest BCUT2D eigenvalue weighted by Crippen LogP contribution is -2.35. The number of hydrogen-bond acceptors (Lipinski definition) is 3. The van der Waals surface area contributed by atoms with Gasteiger partial charge in [-0.3, -0.25) is 9.69 Å². The van der Waals surface area contributed by atoms with Crippen molar-refractivity contribution in [1.29, 1.82) is 0 Å². The monoisotopic (exact) mass is 382 g/mol. The van der Waals surface area contributed by atoms with Crippen LogP contribution in [-0.4, -0.2) is 51.4 Å². The molecule has 1 amide bonds. The number of imidazole rings is 1. The molecule has 0 spiro atoms. The number of benzene rings is 2. The first kappa shape index (κ1) is 18.0. The summed E-state index contributed by atoms with van der Waals surface area (Å²) in [5.41, 5.74) is 2.76. The van der Waals surface area contributed by atoms with Crippen LogP contribution in [0.15, 0.2) is 48.5 Å². The second-order valence-corrected chi connectivity index (χ2v) is 7.38. The Morgan fingerprint density at radius 2 is 1.81 bits per heavy atom. The van der Waals surface area contributed by atoms with Gasteiger partial charge < -0.3 is 9.47 Å². The van der Waals surface area contributed by atoms with E-state index in [1.165, 1.54) is 0 Å². The Kier molecular flexibility index (Phi) is 5.14. The second-order valence-electron chi connectivity index (χ2n) is 6.98. The number of amides is 1. The van der Waals surface area contributed by atoms with Crippen molar-refractivity contribution in [3.8, 4) is 0 Å². The minimum Gasteiger partial charge on any atom is -0.337 e. The molecular weight excluding hydrogens is 360 g/mol. The molecule has 6 heteroatoms. The topological polar surface area (TPSA) is 41.4 Å². The summed E-state index contributed by atoms with van der Waals surface area (Å²) < 4.78 is 2.16. The maximum absolute atomic E-state index is 12.8. The smallest absolute Gasteiger partial charge is 0.255 e. The minimum absolute atomic E-state index is 0.0187. The average Bonchev–Trinajstić information content (AvgIpc) is 2.84. The summed E-state index contributed by atoms with van der Waals surface area (Å²) in [4.78, 5) is 21.9. The van der Waals surface area contributed by atoms with Crippen LogP contribution < -0.4 is 0 Å². The van der Waals surface area contributed by atoms with Gasteiger partial charge in [0.25, 0.3) is 5.91 Å². The summed E-state index contributed by atoms with van der Waals surface area (Å²) in [5.74, 6) is 1.08. The van der Waals surface area contributed by atoms with Gasteiger partial charge in [0.2, 0.25) is 0 Å². The fraction of sp³-hybridized carbons (Fsp3) is 0.333. The van der Waals surface area contributed by atoms with E-state index in [4.69, 9.17) is 16.6 Å². The molecule has 0 atom stereocenters. The van der Waals surface area contributed by atoms with Gasteiger partial charge >= 0.3 is 0 Å². The fourth-order valence-electron chi connectivity index (χ4n) is 3.67. The van der Waals surface area contributed by atoms with Crippen molar-refractivity contribution in [2.45, 2.75) is 13.0 Å². The standard InChI is InChI=1S/C21H23ClN4O/c1-24-19-10-5-4-9-18(19)23-20(24)15-25-11-6-12-26(14-13-25)21(27)16-7-2-3-8-17(16)22/h2-5,7-10H,6,11-15H2,1H3. The average molecular weight is 383 g/mol. The highest BCUT2D eigenvalue weighted by atomic mass is 35.5. The van der Waals surface area contributed by atoms with Crippen LogP contribution in [0, 0.1) is 0 Å². The number of fused-ring (bicyclic) bond motifs is 1. The largest absolute Gasteiger partial charge is 0.337 e. The van der Waals surface area contributed by atoms with Crippen molar-refractivity contribution in [3.05, 3.63) is 64.9 Å². The Balaban J connectivity index is 1.45. The molecule has 5 nitrogen and oxygen atoms in total. The lowest BCUT2D eigenvalue weighted by Gasteiger charge is -2.22. The summed E-state index contributed by atoms with van der Waals surface area (Å²) in [6.07, 6.45) is 0.945. The van der Waals surface area contributed by atoms with Crippen molar-refractivity contribution >= 4 is 28.5 Å². The number of halogens is 1. The molecule has 1 aliphatic heterocycles. The maximum atomic E-state index is 12.8. The lowest BCUT2D eigenvalue weighted by molar-refractivity contribution is 0.0761. The third-order valence-corrected chi connectivity index (χ3v) is 5.55. The van der Waals surface area contributed by atoms with Gasteiger partial charge in [-0.15, -0.1) is 0 Å². The number of aryl methyl sites for hydroxylation is 1. The van der Waals surface area contributed by atoms with E-state index in [0.29, 0.717) is 17.1 Å². The first-order valence-corrected chi connectivity index (χ1v) is 9.68. The molecule has 2 heterocycles. The maximum Gasteiger partial charge on any atom is 0.255 e. The van der Waals surface area contributed by atoms with E-state index in [1.54, 1.807) is 12.1 Å². The van der Waals surface area contributed by atoms with Crippen LogP contribution >= 0.6 is 11.6 Å². The van der Waals surface area contributed by atoms with Crippen molar-refractivity contribution in [2.24, 2.45) is 7.05 Å². The van der Waals surface area contributed by atoms with Crippen LogP contribution in [0.3, 0.4) is 0 Å². The molecule has 1 aliphatic rings. The molecule has 1 fully saturated rings. The number of para-hydroxylation sites is 2. The molecule has 0 aliphatic carbocycles. The van der Waals surface area contributed by atoms with Crippen LogP contribution in [0.5, 0.6) is 0 Å². The minimum atomic E-state index is 0.0187. The lowest BCUT2D eigenvalue weighted by atomic mass is 10.2. The number of carbonyl (C=O) groups is 1. The van der Waals surface area contributed by atoms with E-state index in [-0.39, 0.29) is 5.91 Å². The molecule has 2 aromatic carbocycles. The highest BCUT2D eigenvalue weighted by molar-refractivity contribution is 6.33. The van der Waals surface area contributed by atoms with Gasteiger partial charge in [0.15, 0.2) is 0 Å². The Morgan fingerprint density at radius 1 is 1.04 bits per heavy atom. The molecule has 1 aromatic heterocycles. The zero-order valence-corrected chi connectivity index (χ0v) is 16.2. The van der Waals surface area contributed by atoms with Gasteiger partial charge in [0.05, 0.1) is 28.2 Å². The summed E-state index contributed by atoms with van der Waals surface area (Å²) in [6, 6.07) is 15.5. The molecule has 3 aromatic rings. The van der Waals surface area contributed by atoms with E-state index >= 15 is 0 Å². The molecule has 140 valence electrons. The quantitative estimate of drug-likeness (QED) is 0.695. The summed E-state index contributed by atoms with van der Waals surface area (Å²) in [5, 5.41) is 0.517. The number of aromatic nitrogens is 2. The molecule has 0 N–H and O–H groups in total. The number of nitrogens with zero attached hydrogens (tertiary/aromatic N) is 4. The van der Waals surface area contributed by atoms with Gasteiger partial charge in [-0.05, 0) is 30.7 Å². The molecule has 27 heavy (non-hydrogen) atoms. The van der Waals surface area contributed by atoms with Crippen LogP contribution in [0.2, 0.25) is 5.02 Å². The Bertz CT molecular complexity index is 968. The van der Waals surface area contributed by atoms with Gasteiger partial charge in [0, 0.05) is 33.2 Å². The van der Waals surface area contributed by atoms with Crippen LogP contribution in [0.1, 0.15) is 22.6 Å². The zero-order chi connectivity index (χ0) is 18.8. The third-order valence-electron chi connectivity index (χ3n) is 5.22. The van der Waals surface area contributed by atoms with Crippen LogP contribution in [0.25, 0.3) is 11.0 Å². The van der Waals surface area contributed by atoms with Crippen molar-refractivity contribution < 1.29 is 4.79 Å². The predicted octanol–water partition coefficient (Wildman–Crippen LogP) is 3.57. The van der Waals surface area contributed by atoms with Gasteiger partial charge in [-0.2, -0.15) is 0 Å². The summed E-state index contributed by atoms with van der Waals surface area (Å²) in [6.45, 7) is 4.03. The fourth-order valence-corrected chi connectivity index (χ4v) is 3.89. The number of rotatable bonds is 3. The first-order valence-electron chi connectivity index (χ1n) is 9.30. The van der Waals surface area contributed by atoms with Gasteiger partial charge in [0.1, 0.15) is 5.82 Å². The molecule has 1 saturated heterocycles. The van der Waals surface area contributed by atoms with Gasteiger partial charge in [-0.1, -0.05) is 35.9 Å². The first-order chi connectivity index (χ1) is 13.1. The number of hydrogen-bond donors (Lipinski definition) is 0. The summed E-state index contributed by atoms with van der Waals surface area (Å²) in [7, 11) is 2.07. The van der Waals surface area contributed by atoms with Crippen LogP contribution in [0.4, 0.5) is 0 Å². The highest BCUT2D eigenvalue weighted by Gasteiger charge is 2.22. The number of carbonyl (C=O) groups excluding carboxylic acids is 1. The molecular formula is C21H23ClN4O. The highest BCUT2D eigenvalue weighted by Crippen LogP contribution is 2.19. The van der Waals surface area contributed by atoms with Crippen molar-refractivity contribution in [1.82, 2.24) is 19.4 Å². The molecule has 0 saturated carbocycles. The van der Waals surface area contributed by atoms with Crippen molar-refractivity contribution in [2.75, 3.05) is 26.2 Å². The van der Waals surface area contributed by atoms with E-state index in [2.05, 4.69) is 22.6 Å². The molecule has 0 unspecified atom stereocenters. The molecule has 0 radical (unpaired) electrons. The van der Waals surface area contributed by atoms with E-state index in [0.717, 1.165) is 49.5 Å². The zero-order valence-electron chi connectivity index (χ0n) is 15.4. The van der Waals surface area contributed by atoms with Crippen molar-refractivity contribution in [3.63, 3.8) is 0 Å². The third kappa shape index (κ3) is 3.70. The van der Waals surface area contributed by atoms with Gasteiger partial charge in [-0.25, -0.2) is 4.98 Å². The Hall–Kier alpha value is -2.37. The normalized spacial score (nSPS) is 15.9.